The van der Waals surface area contributed by atoms with Crippen LogP contribution >= 0.6 is 0 Å². The number of hydrogen-bond acceptors (Lipinski definition) is 3. The number of amides is 1. The van der Waals surface area contributed by atoms with E-state index < -0.39 is 11.5 Å². The van der Waals surface area contributed by atoms with Gasteiger partial charge in [0.15, 0.2) is 6.67 Å². The Hall–Kier alpha value is -1.10. The topological polar surface area (TPSA) is 69.2 Å². The second kappa shape index (κ2) is 6.73. The number of quaternary nitrogens is 1. The number of carbonyl (C=O) groups excluding carboxylic acids is 2. The molecular weight excluding hydrogens is 232 g/mol. The summed E-state index contributed by atoms with van der Waals surface area (Å²) < 4.78 is 0.148. The Bertz CT molecular complexity index is 299. The molecule has 0 rings (SSSR count). The monoisotopic (exact) mass is 258 g/mol. The Morgan fingerprint density at radius 1 is 1.22 bits per heavy atom. The van der Waals surface area contributed by atoms with E-state index in [2.05, 4.69) is 12.2 Å². The molecule has 0 aromatic heterocycles. The van der Waals surface area contributed by atoms with Crippen molar-refractivity contribution >= 4 is 11.9 Å². The zero-order valence-electron chi connectivity index (χ0n) is 12.2. The van der Waals surface area contributed by atoms with Crippen molar-refractivity contribution in [2.75, 3.05) is 20.8 Å². The van der Waals surface area contributed by atoms with Crippen LogP contribution in [0.3, 0.4) is 0 Å². The standard InChI is InChI=1S/C13H26N2O3/c1-6-7-8-9-11(16)14-10-15(4,5)13(2,3)12(17)18/h6-10H2,1-5H3,(H-,14,16,17,18). The molecule has 0 aliphatic rings. The molecule has 5 nitrogen and oxygen atoms in total. The van der Waals surface area contributed by atoms with E-state index in [9.17, 15) is 14.7 Å². The quantitative estimate of drug-likeness (QED) is 0.385. The summed E-state index contributed by atoms with van der Waals surface area (Å²) in [5.41, 5.74) is -1.04. The second-order valence-corrected chi connectivity index (χ2v) is 5.75. The molecule has 0 spiro atoms. The third-order valence-electron chi connectivity index (χ3n) is 3.69. The van der Waals surface area contributed by atoms with Gasteiger partial charge in [-0.1, -0.05) is 19.8 Å². The molecule has 0 aromatic rings. The average molecular weight is 258 g/mol. The van der Waals surface area contributed by atoms with Gasteiger partial charge in [-0.15, -0.1) is 0 Å². The summed E-state index contributed by atoms with van der Waals surface area (Å²) in [4.78, 5) is 22.7. The molecule has 0 saturated heterocycles. The minimum Gasteiger partial charge on any atom is -0.544 e. The number of rotatable bonds is 8. The maximum Gasteiger partial charge on any atom is 0.224 e. The molecule has 0 aromatic carbocycles. The summed E-state index contributed by atoms with van der Waals surface area (Å²) >= 11 is 0. The molecule has 1 amide bonds. The lowest BCUT2D eigenvalue weighted by Gasteiger charge is -2.44. The lowest BCUT2D eigenvalue weighted by atomic mass is 10.0. The summed E-state index contributed by atoms with van der Waals surface area (Å²) in [6.45, 7) is 5.57. The van der Waals surface area contributed by atoms with Crippen LogP contribution in [0.5, 0.6) is 0 Å². The molecule has 0 aliphatic heterocycles. The number of hydrogen-bond donors (Lipinski definition) is 1. The smallest absolute Gasteiger partial charge is 0.224 e. The van der Waals surface area contributed by atoms with Gasteiger partial charge in [-0.2, -0.15) is 0 Å². The van der Waals surface area contributed by atoms with Crippen molar-refractivity contribution in [1.29, 1.82) is 0 Å². The lowest BCUT2D eigenvalue weighted by molar-refractivity contribution is -0.931. The van der Waals surface area contributed by atoms with Gasteiger partial charge in [-0.05, 0) is 20.3 Å². The Morgan fingerprint density at radius 3 is 2.22 bits per heavy atom. The van der Waals surface area contributed by atoms with Crippen LogP contribution in [0.15, 0.2) is 0 Å². The van der Waals surface area contributed by atoms with Crippen molar-refractivity contribution in [3.63, 3.8) is 0 Å². The third kappa shape index (κ3) is 4.64. The fourth-order valence-electron chi connectivity index (χ4n) is 1.35. The highest BCUT2D eigenvalue weighted by Gasteiger charge is 2.38. The molecule has 106 valence electrons. The number of aliphatic carboxylic acids is 1. The molecule has 5 heteroatoms. The van der Waals surface area contributed by atoms with Crippen LogP contribution in [-0.2, 0) is 9.59 Å². The average Bonchev–Trinajstić information content (AvgIpc) is 2.26. The van der Waals surface area contributed by atoms with Crippen molar-refractivity contribution in [2.45, 2.75) is 52.0 Å². The number of likely N-dealkylation sites (N-methyl/N-ethyl adjacent to an activating group) is 1. The van der Waals surface area contributed by atoms with Crippen molar-refractivity contribution < 1.29 is 19.2 Å². The van der Waals surface area contributed by atoms with E-state index in [1.807, 2.05) is 0 Å². The molecule has 0 fully saturated rings. The van der Waals surface area contributed by atoms with E-state index in [1.54, 1.807) is 27.9 Å². The Balaban J connectivity index is 4.27. The summed E-state index contributed by atoms with van der Waals surface area (Å²) in [5.74, 6) is -1.14. The minimum absolute atomic E-state index is 0.0243. The number of carboxylic acids is 1. The van der Waals surface area contributed by atoms with E-state index in [4.69, 9.17) is 0 Å². The first-order valence-electron chi connectivity index (χ1n) is 6.46. The summed E-state index contributed by atoms with van der Waals surface area (Å²) in [6.07, 6.45) is 3.49. The van der Waals surface area contributed by atoms with Crippen molar-refractivity contribution in [3.05, 3.63) is 0 Å². The molecular formula is C13H26N2O3. The van der Waals surface area contributed by atoms with Gasteiger partial charge < -0.3 is 19.7 Å². The Morgan fingerprint density at radius 2 is 1.78 bits per heavy atom. The van der Waals surface area contributed by atoms with Gasteiger partial charge in [0.1, 0.15) is 11.5 Å². The Kier molecular flexibility index (Phi) is 6.32. The first-order chi connectivity index (χ1) is 8.15. The molecule has 0 bridgehead atoms. The van der Waals surface area contributed by atoms with Crippen LogP contribution in [0.4, 0.5) is 0 Å². The van der Waals surface area contributed by atoms with Crippen LogP contribution in [0.2, 0.25) is 0 Å². The molecule has 1 N–H and O–H groups in total. The predicted octanol–water partition coefficient (Wildman–Crippen LogP) is 0.245. The summed E-state index contributed by atoms with van der Waals surface area (Å²) in [5, 5.41) is 13.9. The van der Waals surface area contributed by atoms with Gasteiger partial charge >= 0.3 is 0 Å². The van der Waals surface area contributed by atoms with Crippen LogP contribution in [0, 0.1) is 0 Å². The van der Waals surface area contributed by atoms with E-state index >= 15 is 0 Å². The van der Waals surface area contributed by atoms with Crippen molar-refractivity contribution in [1.82, 2.24) is 5.32 Å². The van der Waals surface area contributed by atoms with Gasteiger partial charge in [-0.3, -0.25) is 4.79 Å². The number of carbonyl (C=O) groups is 2. The zero-order valence-corrected chi connectivity index (χ0v) is 12.2. The molecule has 0 aliphatic carbocycles. The first kappa shape index (κ1) is 16.9. The maximum atomic E-state index is 11.6. The summed E-state index contributed by atoms with van der Waals surface area (Å²) in [6, 6.07) is 0. The highest BCUT2D eigenvalue weighted by Crippen LogP contribution is 2.18. The molecule has 18 heavy (non-hydrogen) atoms. The third-order valence-corrected chi connectivity index (χ3v) is 3.69. The molecule has 0 saturated carbocycles. The van der Waals surface area contributed by atoms with Crippen LogP contribution in [-0.4, -0.2) is 42.7 Å². The van der Waals surface area contributed by atoms with E-state index in [1.165, 1.54) is 0 Å². The van der Waals surface area contributed by atoms with Crippen molar-refractivity contribution in [3.8, 4) is 0 Å². The predicted molar refractivity (Wildman–Crippen MR) is 68.3 cm³/mol. The maximum absolute atomic E-state index is 11.6. The highest BCUT2D eigenvalue weighted by molar-refractivity contribution is 5.76. The summed E-state index contributed by atoms with van der Waals surface area (Å²) in [7, 11) is 3.53. The van der Waals surface area contributed by atoms with E-state index in [0.717, 1.165) is 19.3 Å². The SMILES string of the molecule is CCCCCC(=O)NC[N+](C)(C)C(C)(C)C(=O)[O-]. The minimum atomic E-state index is -1.12. The van der Waals surface area contributed by atoms with Crippen molar-refractivity contribution in [2.24, 2.45) is 0 Å². The molecule has 0 radical (unpaired) electrons. The zero-order chi connectivity index (χ0) is 14.4. The highest BCUT2D eigenvalue weighted by atomic mass is 16.4. The van der Waals surface area contributed by atoms with Gasteiger partial charge in [0, 0.05) is 6.42 Å². The van der Waals surface area contributed by atoms with E-state index in [-0.39, 0.29) is 17.1 Å². The van der Waals surface area contributed by atoms with Crippen LogP contribution in [0.25, 0.3) is 0 Å². The van der Waals surface area contributed by atoms with Gasteiger partial charge in [0.2, 0.25) is 5.91 Å². The molecule has 0 unspecified atom stereocenters. The lowest BCUT2D eigenvalue weighted by Crippen LogP contribution is -2.67. The van der Waals surface area contributed by atoms with E-state index in [0.29, 0.717) is 6.42 Å². The number of nitrogens with zero attached hydrogens (tertiary/aromatic N) is 1. The normalized spacial score (nSPS) is 12.3. The van der Waals surface area contributed by atoms with Gasteiger partial charge in [0.25, 0.3) is 0 Å². The fourth-order valence-corrected chi connectivity index (χ4v) is 1.35. The molecule has 0 atom stereocenters. The number of unbranched alkanes of at least 4 members (excludes halogenated alkanes) is 2. The van der Waals surface area contributed by atoms with Gasteiger partial charge in [-0.25, -0.2) is 0 Å². The van der Waals surface area contributed by atoms with Crippen LogP contribution in [0.1, 0.15) is 46.5 Å². The number of carboxylic acid groups (broad SMARTS) is 1. The first-order valence-corrected chi connectivity index (χ1v) is 6.46. The number of nitrogens with one attached hydrogen (secondary N) is 1. The van der Waals surface area contributed by atoms with Gasteiger partial charge in [0.05, 0.1) is 14.1 Å². The largest absolute Gasteiger partial charge is 0.544 e. The second-order valence-electron chi connectivity index (χ2n) is 5.75. The fraction of sp³-hybridized carbons (Fsp3) is 0.846. The molecule has 0 heterocycles. The van der Waals surface area contributed by atoms with Crippen LogP contribution < -0.4 is 10.4 Å². The Labute approximate surface area is 110 Å².